The van der Waals surface area contributed by atoms with E-state index in [0.717, 1.165) is 11.3 Å². The first kappa shape index (κ1) is 17.0. The molecule has 0 aromatic heterocycles. The van der Waals surface area contributed by atoms with Crippen LogP contribution in [0.4, 0.5) is 10.5 Å². The molecule has 124 valence electrons. The Labute approximate surface area is 136 Å². The molecule has 0 bridgehead atoms. The standard InChI is InChI=1S/C17H23N3O3/c1-4-12-5-7-13(8-6-12)18-15(21)10-20-16(22)14(9-11(2)3)19-17(20)23/h5-8,11,14H,4,9-10H2,1-3H3,(H,18,21)(H,19,23)/t14-/m1/s1. The Balaban J connectivity index is 1.94. The van der Waals surface area contributed by atoms with Crippen molar-refractivity contribution in [2.24, 2.45) is 5.92 Å². The van der Waals surface area contributed by atoms with Crippen molar-refractivity contribution in [1.82, 2.24) is 10.2 Å². The second kappa shape index (κ2) is 7.26. The molecule has 1 saturated heterocycles. The maximum Gasteiger partial charge on any atom is 0.325 e. The summed E-state index contributed by atoms with van der Waals surface area (Å²) in [4.78, 5) is 37.1. The van der Waals surface area contributed by atoms with Gasteiger partial charge in [0, 0.05) is 5.69 Å². The quantitative estimate of drug-likeness (QED) is 0.789. The minimum atomic E-state index is -0.529. The van der Waals surface area contributed by atoms with Gasteiger partial charge >= 0.3 is 6.03 Å². The molecule has 0 aliphatic carbocycles. The maximum absolute atomic E-state index is 12.2. The predicted octanol–water partition coefficient (Wildman–Crippen LogP) is 2.15. The smallest absolute Gasteiger partial charge is 0.325 e. The number of rotatable bonds is 6. The lowest BCUT2D eigenvalue weighted by Gasteiger charge is -2.14. The topological polar surface area (TPSA) is 78.5 Å². The number of carbonyl (C=O) groups excluding carboxylic acids is 3. The van der Waals surface area contributed by atoms with Gasteiger partial charge in [-0.25, -0.2) is 4.79 Å². The SMILES string of the molecule is CCc1ccc(NC(=O)CN2C(=O)N[C@H](CC(C)C)C2=O)cc1. The summed E-state index contributed by atoms with van der Waals surface area (Å²) in [6.07, 6.45) is 1.50. The first-order chi connectivity index (χ1) is 10.9. The van der Waals surface area contributed by atoms with E-state index in [-0.39, 0.29) is 24.3 Å². The summed E-state index contributed by atoms with van der Waals surface area (Å²) in [5.74, 6) is -0.432. The van der Waals surface area contributed by atoms with Gasteiger partial charge in [-0.3, -0.25) is 14.5 Å². The number of anilines is 1. The van der Waals surface area contributed by atoms with Crippen LogP contribution in [-0.4, -0.2) is 35.3 Å². The van der Waals surface area contributed by atoms with E-state index in [1.54, 1.807) is 0 Å². The zero-order valence-corrected chi connectivity index (χ0v) is 13.8. The Kier molecular flexibility index (Phi) is 5.36. The third-order valence-corrected chi connectivity index (χ3v) is 3.76. The lowest BCUT2D eigenvalue weighted by atomic mass is 10.0. The zero-order chi connectivity index (χ0) is 17.0. The molecule has 2 rings (SSSR count). The molecule has 1 atom stereocenters. The fourth-order valence-corrected chi connectivity index (χ4v) is 2.53. The summed E-state index contributed by atoms with van der Waals surface area (Å²) in [5, 5.41) is 5.33. The number of amides is 4. The number of nitrogens with one attached hydrogen (secondary N) is 2. The predicted molar refractivity (Wildman–Crippen MR) is 87.9 cm³/mol. The van der Waals surface area contributed by atoms with E-state index in [4.69, 9.17) is 0 Å². The van der Waals surface area contributed by atoms with Crippen LogP contribution in [0.1, 0.15) is 32.8 Å². The van der Waals surface area contributed by atoms with E-state index in [0.29, 0.717) is 12.1 Å². The van der Waals surface area contributed by atoms with Crippen molar-refractivity contribution in [3.05, 3.63) is 29.8 Å². The number of aryl methyl sites for hydroxylation is 1. The fourth-order valence-electron chi connectivity index (χ4n) is 2.53. The molecule has 6 heteroatoms. The number of nitrogens with zero attached hydrogens (tertiary/aromatic N) is 1. The van der Waals surface area contributed by atoms with Gasteiger partial charge in [0.1, 0.15) is 12.6 Å². The van der Waals surface area contributed by atoms with E-state index >= 15 is 0 Å². The van der Waals surface area contributed by atoms with Gasteiger partial charge in [-0.2, -0.15) is 0 Å². The highest BCUT2D eigenvalue weighted by molar-refractivity contribution is 6.07. The molecule has 1 aliphatic rings. The van der Waals surface area contributed by atoms with Crippen molar-refractivity contribution in [2.45, 2.75) is 39.7 Å². The second-order valence-corrected chi connectivity index (χ2v) is 6.15. The highest BCUT2D eigenvalue weighted by Crippen LogP contribution is 2.15. The molecule has 1 aliphatic heterocycles. The minimum Gasteiger partial charge on any atom is -0.326 e. The first-order valence-electron chi connectivity index (χ1n) is 7.91. The van der Waals surface area contributed by atoms with Gasteiger partial charge in [-0.15, -0.1) is 0 Å². The van der Waals surface area contributed by atoms with Crippen LogP contribution < -0.4 is 10.6 Å². The van der Waals surface area contributed by atoms with Crippen LogP contribution in [0.2, 0.25) is 0 Å². The number of urea groups is 1. The average Bonchev–Trinajstić information content (AvgIpc) is 2.75. The number of hydrogen-bond acceptors (Lipinski definition) is 3. The van der Waals surface area contributed by atoms with Crippen LogP contribution in [0, 0.1) is 5.92 Å². The summed E-state index contributed by atoms with van der Waals surface area (Å²) in [6.45, 7) is 5.75. The number of imide groups is 1. The molecule has 6 nitrogen and oxygen atoms in total. The monoisotopic (exact) mass is 317 g/mol. The van der Waals surface area contributed by atoms with Crippen molar-refractivity contribution in [2.75, 3.05) is 11.9 Å². The van der Waals surface area contributed by atoms with Crippen molar-refractivity contribution in [1.29, 1.82) is 0 Å². The molecule has 1 fully saturated rings. The molecule has 0 radical (unpaired) electrons. The highest BCUT2D eigenvalue weighted by Gasteiger charge is 2.38. The molecule has 0 saturated carbocycles. The van der Waals surface area contributed by atoms with Crippen LogP contribution >= 0.6 is 0 Å². The van der Waals surface area contributed by atoms with Crippen LogP contribution in [0.15, 0.2) is 24.3 Å². The zero-order valence-electron chi connectivity index (χ0n) is 13.8. The second-order valence-electron chi connectivity index (χ2n) is 6.15. The molecule has 1 aromatic rings. The van der Waals surface area contributed by atoms with Gasteiger partial charge in [0.25, 0.3) is 5.91 Å². The van der Waals surface area contributed by atoms with Crippen LogP contribution in [0.25, 0.3) is 0 Å². The Bertz CT molecular complexity index is 596. The molecule has 23 heavy (non-hydrogen) atoms. The van der Waals surface area contributed by atoms with Gasteiger partial charge in [0.2, 0.25) is 5.91 Å². The number of benzene rings is 1. The van der Waals surface area contributed by atoms with Crippen molar-refractivity contribution >= 4 is 23.5 Å². The third-order valence-electron chi connectivity index (χ3n) is 3.76. The van der Waals surface area contributed by atoms with E-state index in [2.05, 4.69) is 17.6 Å². The van der Waals surface area contributed by atoms with Crippen LogP contribution in [0.5, 0.6) is 0 Å². The lowest BCUT2D eigenvalue weighted by Crippen LogP contribution is -2.38. The van der Waals surface area contributed by atoms with Gasteiger partial charge in [-0.1, -0.05) is 32.9 Å². The van der Waals surface area contributed by atoms with E-state index in [1.165, 1.54) is 5.56 Å². The largest absolute Gasteiger partial charge is 0.326 e. The maximum atomic E-state index is 12.2. The Hall–Kier alpha value is -2.37. The van der Waals surface area contributed by atoms with E-state index in [1.807, 2.05) is 38.1 Å². The van der Waals surface area contributed by atoms with Gasteiger partial charge in [0.15, 0.2) is 0 Å². The Morgan fingerprint density at radius 2 is 1.91 bits per heavy atom. The van der Waals surface area contributed by atoms with Crippen LogP contribution in [-0.2, 0) is 16.0 Å². The Morgan fingerprint density at radius 3 is 2.48 bits per heavy atom. The third kappa shape index (κ3) is 4.31. The highest BCUT2D eigenvalue weighted by atomic mass is 16.2. The van der Waals surface area contributed by atoms with E-state index < -0.39 is 12.1 Å². The van der Waals surface area contributed by atoms with Crippen molar-refractivity contribution in [3.63, 3.8) is 0 Å². The molecule has 2 N–H and O–H groups in total. The Morgan fingerprint density at radius 1 is 1.26 bits per heavy atom. The summed E-state index contributed by atoms with van der Waals surface area (Å²) in [5.41, 5.74) is 1.83. The minimum absolute atomic E-state index is 0.269. The first-order valence-corrected chi connectivity index (χ1v) is 7.91. The van der Waals surface area contributed by atoms with Crippen molar-refractivity contribution in [3.8, 4) is 0 Å². The molecule has 0 spiro atoms. The fraction of sp³-hybridized carbons (Fsp3) is 0.471. The molecule has 1 aromatic carbocycles. The molecule has 1 heterocycles. The van der Waals surface area contributed by atoms with Gasteiger partial charge in [0.05, 0.1) is 0 Å². The van der Waals surface area contributed by atoms with Gasteiger partial charge < -0.3 is 10.6 Å². The number of hydrogen-bond donors (Lipinski definition) is 2. The summed E-state index contributed by atoms with van der Waals surface area (Å²) in [7, 11) is 0. The molecular formula is C17H23N3O3. The summed E-state index contributed by atoms with van der Waals surface area (Å²) >= 11 is 0. The summed E-state index contributed by atoms with van der Waals surface area (Å²) in [6, 6.07) is 6.45. The number of carbonyl (C=O) groups is 3. The lowest BCUT2D eigenvalue weighted by molar-refractivity contribution is -0.131. The molecule has 0 unspecified atom stereocenters. The van der Waals surface area contributed by atoms with Crippen molar-refractivity contribution < 1.29 is 14.4 Å². The molecule has 4 amide bonds. The normalized spacial score (nSPS) is 17.6. The molecular weight excluding hydrogens is 294 g/mol. The average molecular weight is 317 g/mol. The summed E-state index contributed by atoms with van der Waals surface area (Å²) < 4.78 is 0. The van der Waals surface area contributed by atoms with Gasteiger partial charge in [-0.05, 0) is 36.5 Å². The van der Waals surface area contributed by atoms with E-state index in [9.17, 15) is 14.4 Å². The van der Waals surface area contributed by atoms with Crippen LogP contribution in [0.3, 0.4) is 0 Å².